The number of anilines is 1. The molecule has 1 aromatic carbocycles. The van der Waals surface area contributed by atoms with Crippen LogP contribution in [0.25, 0.3) is 0 Å². The molecule has 1 aromatic rings. The Hall–Kier alpha value is -1.22. The van der Waals surface area contributed by atoms with Crippen molar-refractivity contribution in [3.63, 3.8) is 0 Å². The summed E-state index contributed by atoms with van der Waals surface area (Å²) >= 11 is 5.51. The van der Waals surface area contributed by atoms with Gasteiger partial charge in [-0.15, -0.1) is 11.6 Å². The molecule has 16 heavy (non-hydrogen) atoms. The van der Waals surface area contributed by atoms with Crippen molar-refractivity contribution in [1.82, 2.24) is 5.32 Å². The van der Waals surface area contributed by atoms with Gasteiger partial charge in [0.25, 0.3) is 0 Å². The van der Waals surface area contributed by atoms with E-state index in [0.717, 1.165) is 12.1 Å². The summed E-state index contributed by atoms with van der Waals surface area (Å²) in [6, 6.07) is 7.93. The van der Waals surface area contributed by atoms with E-state index in [1.165, 1.54) is 5.56 Å². The molecule has 0 radical (unpaired) electrons. The van der Waals surface area contributed by atoms with Crippen LogP contribution in [-0.2, 0) is 4.79 Å². The second-order valence-corrected chi connectivity index (χ2v) is 3.99. The first-order valence-electron chi connectivity index (χ1n) is 5.35. The predicted octanol–water partition coefficient (Wildman–Crippen LogP) is 2.15. The Kier molecular flexibility index (Phi) is 5.72. The fourth-order valence-electron chi connectivity index (χ4n) is 1.29. The van der Waals surface area contributed by atoms with Crippen molar-refractivity contribution in [2.45, 2.75) is 13.3 Å². The van der Waals surface area contributed by atoms with Gasteiger partial charge in [0.05, 0.1) is 6.54 Å². The largest absolute Gasteiger partial charge is 0.376 e. The molecule has 0 spiro atoms. The van der Waals surface area contributed by atoms with Crippen molar-refractivity contribution in [1.29, 1.82) is 0 Å². The molecule has 1 amide bonds. The molecule has 0 aliphatic carbocycles. The lowest BCUT2D eigenvalue weighted by atomic mass is 10.2. The second-order valence-electron chi connectivity index (χ2n) is 3.62. The fraction of sp³-hybridized carbons (Fsp3) is 0.417. The molecule has 0 aliphatic rings. The number of rotatable bonds is 6. The number of hydrogen-bond acceptors (Lipinski definition) is 2. The summed E-state index contributed by atoms with van der Waals surface area (Å²) in [4.78, 5) is 11.4. The predicted molar refractivity (Wildman–Crippen MR) is 68.0 cm³/mol. The third kappa shape index (κ3) is 5.03. The zero-order valence-electron chi connectivity index (χ0n) is 9.42. The lowest BCUT2D eigenvalue weighted by Gasteiger charge is -2.07. The molecule has 3 nitrogen and oxygen atoms in total. The number of carbonyl (C=O) groups excluding carboxylic acids is 1. The number of carbonyl (C=O) groups is 1. The highest BCUT2D eigenvalue weighted by atomic mass is 35.5. The van der Waals surface area contributed by atoms with Gasteiger partial charge >= 0.3 is 0 Å². The Morgan fingerprint density at radius 2 is 2.25 bits per heavy atom. The van der Waals surface area contributed by atoms with E-state index in [0.29, 0.717) is 19.0 Å². The summed E-state index contributed by atoms with van der Waals surface area (Å²) < 4.78 is 0. The van der Waals surface area contributed by atoms with Crippen molar-refractivity contribution in [3.8, 4) is 0 Å². The third-order valence-electron chi connectivity index (χ3n) is 2.10. The summed E-state index contributed by atoms with van der Waals surface area (Å²) in [5.41, 5.74) is 2.14. The fourth-order valence-corrected chi connectivity index (χ4v) is 1.43. The maximum atomic E-state index is 11.4. The monoisotopic (exact) mass is 240 g/mol. The number of halogens is 1. The molecule has 0 saturated carbocycles. The average Bonchev–Trinajstić information content (AvgIpc) is 2.27. The SMILES string of the molecule is Cc1cccc(NCC(=O)NCCCCl)c1. The molecular formula is C12H17ClN2O. The van der Waals surface area contributed by atoms with E-state index in [2.05, 4.69) is 10.6 Å². The van der Waals surface area contributed by atoms with E-state index >= 15 is 0 Å². The van der Waals surface area contributed by atoms with Crippen molar-refractivity contribution >= 4 is 23.2 Å². The molecule has 0 bridgehead atoms. The normalized spacial score (nSPS) is 9.88. The number of hydrogen-bond donors (Lipinski definition) is 2. The zero-order valence-corrected chi connectivity index (χ0v) is 10.2. The van der Waals surface area contributed by atoms with Gasteiger partial charge in [0.1, 0.15) is 0 Å². The third-order valence-corrected chi connectivity index (χ3v) is 2.37. The summed E-state index contributed by atoms with van der Waals surface area (Å²) in [5.74, 6) is 0.567. The highest BCUT2D eigenvalue weighted by Crippen LogP contribution is 2.08. The van der Waals surface area contributed by atoms with Crippen molar-refractivity contribution in [2.24, 2.45) is 0 Å². The van der Waals surface area contributed by atoms with Crippen LogP contribution in [0.3, 0.4) is 0 Å². The van der Waals surface area contributed by atoms with E-state index < -0.39 is 0 Å². The minimum atomic E-state index is -0.00776. The van der Waals surface area contributed by atoms with Crippen LogP contribution >= 0.6 is 11.6 Å². The Morgan fingerprint density at radius 1 is 1.44 bits per heavy atom. The maximum absolute atomic E-state index is 11.4. The zero-order chi connectivity index (χ0) is 11.8. The molecule has 0 saturated heterocycles. The lowest BCUT2D eigenvalue weighted by Crippen LogP contribution is -2.30. The summed E-state index contributed by atoms with van der Waals surface area (Å²) in [6.07, 6.45) is 0.803. The van der Waals surface area contributed by atoms with Gasteiger partial charge in [-0.25, -0.2) is 0 Å². The van der Waals surface area contributed by atoms with Gasteiger partial charge in [-0.2, -0.15) is 0 Å². The van der Waals surface area contributed by atoms with Crippen LogP contribution in [0.4, 0.5) is 5.69 Å². The molecular weight excluding hydrogens is 224 g/mol. The minimum Gasteiger partial charge on any atom is -0.376 e. The minimum absolute atomic E-state index is 0.00776. The maximum Gasteiger partial charge on any atom is 0.239 e. The average molecular weight is 241 g/mol. The Balaban J connectivity index is 2.26. The van der Waals surface area contributed by atoms with Crippen LogP contribution in [-0.4, -0.2) is 24.9 Å². The number of alkyl halides is 1. The van der Waals surface area contributed by atoms with Gasteiger partial charge in [-0.3, -0.25) is 4.79 Å². The number of benzene rings is 1. The topological polar surface area (TPSA) is 41.1 Å². The van der Waals surface area contributed by atoms with Crippen LogP contribution < -0.4 is 10.6 Å². The number of nitrogens with one attached hydrogen (secondary N) is 2. The molecule has 0 heterocycles. The molecule has 88 valence electrons. The first kappa shape index (κ1) is 12.8. The smallest absolute Gasteiger partial charge is 0.239 e. The first-order valence-corrected chi connectivity index (χ1v) is 5.89. The lowest BCUT2D eigenvalue weighted by molar-refractivity contribution is -0.119. The molecule has 0 aliphatic heterocycles. The van der Waals surface area contributed by atoms with Gasteiger partial charge in [0, 0.05) is 18.1 Å². The number of aryl methyl sites for hydroxylation is 1. The second kappa shape index (κ2) is 7.12. The standard InChI is InChI=1S/C12H17ClN2O/c1-10-4-2-5-11(8-10)15-9-12(16)14-7-3-6-13/h2,4-5,8,15H,3,6-7,9H2,1H3,(H,14,16). The van der Waals surface area contributed by atoms with E-state index in [1.807, 2.05) is 31.2 Å². The summed E-state index contributed by atoms with van der Waals surface area (Å²) in [6.45, 7) is 2.95. The van der Waals surface area contributed by atoms with Gasteiger partial charge in [0.15, 0.2) is 0 Å². The Labute approximate surface area is 101 Å². The quantitative estimate of drug-likeness (QED) is 0.591. The van der Waals surface area contributed by atoms with Gasteiger partial charge < -0.3 is 10.6 Å². The molecule has 0 fully saturated rings. The van der Waals surface area contributed by atoms with Crippen LogP contribution in [0.5, 0.6) is 0 Å². The molecule has 2 N–H and O–H groups in total. The molecule has 0 atom stereocenters. The van der Waals surface area contributed by atoms with Crippen LogP contribution in [0.15, 0.2) is 24.3 Å². The molecule has 0 aromatic heterocycles. The van der Waals surface area contributed by atoms with E-state index in [9.17, 15) is 4.79 Å². The van der Waals surface area contributed by atoms with Crippen LogP contribution in [0, 0.1) is 6.92 Å². The Bertz CT molecular complexity index is 342. The van der Waals surface area contributed by atoms with E-state index in [-0.39, 0.29) is 5.91 Å². The van der Waals surface area contributed by atoms with Crippen molar-refractivity contribution < 1.29 is 4.79 Å². The molecule has 4 heteroatoms. The van der Waals surface area contributed by atoms with Crippen LogP contribution in [0.1, 0.15) is 12.0 Å². The Morgan fingerprint density at radius 3 is 2.94 bits per heavy atom. The highest BCUT2D eigenvalue weighted by molar-refractivity contribution is 6.17. The first-order chi connectivity index (χ1) is 7.72. The molecule has 1 rings (SSSR count). The highest BCUT2D eigenvalue weighted by Gasteiger charge is 1.99. The summed E-state index contributed by atoms with van der Waals surface area (Å²) in [7, 11) is 0. The van der Waals surface area contributed by atoms with Gasteiger partial charge in [0.2, 0.25) is 5.91 Å². The van der Waals surface area contributed by atoms with E-state index in [1.54, 1.807) is 0 Å². The summed E-state index contributed by atoms with van der Waals surface area (Å²) in [5, 5.41) is 5.85. The van der Waals surface area contributed by atoms with Crippen molar-refractivity contribution in [3.05, 3.63) is 29.8 Å². The van der Waals surface area contributed by atoms with Gasteiger partial charge in [-0.1, -0.05) is 12.1 Å². The molecule has 0 unspecified atom stereocenters. The number of amides is 1. The van der Waals surface area contributed by atoms with Crippen molar-refractivity contribution in [2.75, 3.05) is 24.3 Å². The van der Waals surface area contributed by atoms with E-state index in [4.69, 9.17) is 11.6 Å². The van der Waals surface area contributed by atoms with Gasteiger partial charge in [-0.05, 0) is 31.0 Å². The van der Waals surface area contributed by atoms with Crippen LogP contribution in [0.2, 0.25) is 0 Å².